The Morgan fingerprint density at radius 1 is 1.20 bits per heavy atom. The molecule has 1 aliphatic rings. The van der Waals surface area contributed by atoms with Crippen molar-refractivity contribution in [1.82, 2.24) is 5.32 Å². The van der Waals surface area contributed by atoms with Crippen LogP contribution in [-0.2, 0) is 16.0 Å². The average Bonchev–Trinajstić information content (AvgIpc) is 2.96. The van der Waals surface area contributed by atoms with E-state index < -0.39 is 0 Å². The largest absolute Gasteiger partial charge is 0.378 e. The second-order valence-electron chi connectivity index (χ2n) is 5.47. The molecule has 1 unspecified atom stereocenters. The monoisotopic (exact) mass is 271 g/mol. The maximum absolute atomic E-state index is 5.62. The van der Waals surface area contributed by atoms with E-state index in [0.717, 1.165) is 26.1 Å². The van der Waals surface area contributed by atoms with E-state index in [1.54, 1.807) is 7.11 Å². The predicted molar refractivity (Wildman–Crippen MR) is 80.8 cm³/mol. The van der Waals surface area contributed by atoms with Crippen LogP contribution in [0.4, 0.5) is 0 Å². The molecular formula is C17H21NO2. The second-order valence-corrected chi connectivity index (χ2v) is 5.47. The molecule has 3 heteroatoms. The third kappa shape index (κ3) is 2.85. The van der Waals surface area contributed by atoms with Crippen LogP contribution in [0, 0.1) is 0 Å². The van der Waals surface area contributed by atoms with Crippen molar-refractivity contribution in [2.24, 2.45) is 0 Å². The number of hydrogen-bond donors (Lipinski definition) is 1. The van der Waals surface area contributed by atoms with Crippen LogP contribution in [0.3, 0.4) is 0 Å². The van der Waals surface area contributed by atoms with E-state index in [1.165, 1.54) is 16.3 Å². The van der Waals surface area contributed by atoms with Crippen LogP contribution in [0.15, 0.2) is 42.5 Å². The number of benzene rings is 2. The van der Waals surface area contributed by atoms with Crippen LogP contribution in [0.5, 0.6) is 0 Å². The number of hydrogen-bond acceptors (Lipinski definition) is 3. The highest BCUT2D eigenvalue weighted by atomic mass is 16.5. The van der Waals surface area contributed by atoms with Gasteiger partial charge in [0.15, 0.2) is 0 Å². The van der Waals surface area contributed by atoms with E-state index >= 15 is 0 Å². The topological polar surface area (TPSA) is 30.5 Å². The minimum Gasteiger partial charge on any atom is -0.378 e. The van der Waals surface area contributed by atoms with E-state index in [1.807, 2.05) is 0 Å². The maximum Gasteiger partial charge on any atom is 0.106 e. The van der Waals surface area contributed by atoms with Crippen LogP contribution in [0.25, 0.3) is 10.8 Å². The van der Waals surface area contributed by atoms with E-state index in [2.05, 4.69) is 47.8 Å². The number of methoxy groups -OCH3 is 1. The Morgan fingerprint density at radius 3 is 2.80 bits per heavy atom. The molecule has 1 atom stereocenters. The van der Waals surface area contributed by atoms with E-state index in [4.69, 9.17) is 9.47 Å². The zero-order valence-corrected chi connectivity index (χ0v) is 11.9. The summed E-state index contributed by atoms with van der Waals surface area (Å²) < 4.78 is 11.1. The van der Waals surface area contributed by atoms with Gasteiger partial charge in [-0.05, 0) is 22.4 Å². The maximum atomic E-state index is 5.62. The van der Waals surface area contributed by atoms with Gasteiger partial charge in [0.1, 0.15) is 5.60 Å². The van der Waals surface area contributed by atoms with Gasteiger partial charge in [-0.3, -0.25) is 0 Å². The molecule has 0 saturated carbocycles. The van der Waals surface area contributed by atoms with Gasteiger partial charge in [-0.2, -0.15) is 0 Å². The molecule has 3 rings (SSSR count). The number of nitrogens with one attached hydrogen (secondary N) is 1. The van der Waals surface area contributed by atoms with Crippen molar-refractivity contribution >= 4 is 10.8 Å². The molecule has 0 amide bonds. The molecule has 1 heterocycles. The normalized spacial score (nSPS) is 22.4. The zero-order chi connectivity index (χ0) is 13.8. The third-order valence-electron chi connectivity index (χ3n) is 4.09. The Hall–Kier alpha value is -1.42. The summed E-state index contributed by atoms with van der Waals surface area (Å²) in [5.74, 6) is 0. The van der Waals surface area contributed by atoms with Crippen LogP contribution >= 0.6 is 0 Å². The van der Waals surface area contributed by atoms with Gasteiger partial charge < -0.3 is 14.8 Å². The first kappa shape index (κ1) is 13.6. The summed E-state index contributed by atoms with van der Waals surface area (Å²) in [6.07, 6.45) is 0.966. The summed E-state index contributed by atoms with van der Waals surface area (Å²) in [5, 5.41) is 6.07. The highest BCUT2D eigenvalue weighted by molar-refractivity contribution is 5.82. The first-order valence-electron chi connectivity index (χ1n) is 7.13. The van der Waals surface area contributed by atoms with Crippen LogP contribution in [0.2, 0.25) is 0 Å². The van der Waals surface area contributed by atoms with Crippen molar-refractivity contribution in [3.05, 3.63) is 48.0 Å². The summed E-state index contributed by atoms with van der Waals surface area (Å²) in [4.78, 5) is 0. The van der Waals surface area contributed by atoms with E-state index in [9.17, 15) is 0 Å². The molecule has 0 aliphatic carbocycles. The minimum absolute atomic E-state index is 0.142. The standard InChI is InChI=1S/C17H21NO2/c1-19-17(8-9-20-13-17)12-18-11-14-6-7-15-4-2-3-5-16(15)10-14/h2-7,10,18H,8-9,11-13H2,1H3. The lowest BCUT2D eigenvalue weighted by atomic mass is 10.0. The summed E-state index contributed by atoms with van der Waals surface area (Å²) in [6, 6.07) is 15.0. The molecule has 1 fully saturated rings. The first-order valence-corrected chi connectivity index (χ1v) is 7.13. The Kier molecular flexibility index (Phi) is 4.01. The summed E-state index contributed by atoms with van der Waals surface area (Å²) in [6.45, 7) is 3.17. The summed E-state index contributed by atoms with van der Waals surface area (Å²) in [5.41, 5.74) is 1.16. The summed E-state index contributed by atoms with van der Waals surface area (Å²) in [7, 11) is 1.77. The molecule has 2 aromatic carbocycles. The summed E-state index contributed by atoms with van der Waals surface area (Å²) >= 11 is 0. The van der Waals surface area contributed by atoms with E-state index in [0.29, 0.717) is 6.61 Å². The lowest BCUT2D eigenvalue weighted by molar-refractivity contribution is -0.0159. The van der Waals surface area contributed by atoms with Gasteiger partial charge in [0.05, 0.1) is 6.61 Å². The Labute approximate surface area is 119 Å². The minimum atomic E-state index is -0.142. The van der Waals surface area contributed by atoms with Crippen molar-refractivity contribution in [1.29, 1.82) is 0 Å². The van der Waals surface area contributed by atoms with Crippen molar-refractivity contribution in [3.63, 3.8) is 0 Å². The molecule has 0 aromatic heterocycles. The van der Waals surface area contributed by atoms with Gasteiger partial charge in [0.2, 0.25) is 0 Å². The SMILES string of the molecule is COC1(CNCc2ccc3ccccc3c2)CCOC1. The first-order chi connectivity index (χ1) is 9.81. The van der Waals surface area contributed by atoms with Gasteiger partial charge in [-0.25, -0.2) is 0 Å². The van der Waals surface area contributed by atoms with Crippen molar-refractivity contribution in [2.45, 2.75) is 18.6 Å². The van der Waals surface area contributed by atoms with Gasteiger partial charge in [0.25, 0.3) is 0 Å². The third-order valence-corrected chi connectivity index (χ3v) is 4.09. The molecule has 0 spiro atoms. The highest BCUT2D eigenvalue weighted by Gasteiger charge is 2.34. The van der Waals surface area contributed by atoms with Gasteiger partial charge in [-0.15, -0.1) is 0 Å². The van der Waals surface area contributed by atoms with Gasteiger partial charge in [0, 0.05) is 33.2 Å². The quantitative estimate of drug-likeness (QED) is 0.907. The molecule has 1 aliphatic heterocycles. The smallest absolute Gasteiger partial charge is 0.106 e. The van der Waals surface area contributed by atoms with Crippen molar-refractivity contribution < 1.29 is 9.47 Å². The number of fused-ring (bicyclic) bond motifs is 1. The van der Waals surface area contributed by atoms with Crippen molar-refractivity contribution in [2.75, 3.05) is 26.9 Å². The Bertz CT molecular complexity index is 576. The lowest BCUT2D eigenvalue weighted by Gasteiger charge is -2.26. The molecule has 1 N–H and O–H groups in total. The van der Waals surface area contributed by atoms with E-state index in [-0.39, 0.29) is 5.60 Å². The molecular weight excluding hydrogens is 250 g/mol. The number of ether oxygens (including phenoxy) is 2. The molecule has 0 bridgehead atoms. The lowest BCUT2D eigenvalue weighted by Crippen LogP contribution is -2.42. The van der Waals surface area contributed by atoms with Gasteiger partial charge in [-0.1, -0.05) is 36.4 Å². The van der Waals surface area contributed by atoms with Crippen LogP contribution in [-0.4, -0.2) is 32.5 Å². The van der Waals surface area contributed by atoms with Crippen molar-refractivity contribution in [3.8, 4) is 0 Å². The molecule has 0 radical (unpaired) electrons. The van der Waals surface area contributed by atoms with Gasteiger partial charge >= 0.3 is 0 Å². The molecule has 3 nitrogen and oxygen atoms in total. The molecule has 2 aromatic rings. The number of rotatable bonds is 5. The molecule has 106 valence electrons. The second kappa shape index (κ2) is 5.92. The van der Waals surface area contributed by atoms with Crippen LogP contribution < -0.4 is 5.32 Å². The average molecular weight is 271 g/mol. The Morgan fingerprint density at radius 2 is 2.05 bits per heavy atom. The predicted octanol–water partition coefficient (Wildman–Crippen LogP) is 2.73. The fraction of sp³-hybridized carbons (Fsp3) is 0.412. The molecule has 20 heavy (non-hydrogen) atoms. The highest BCUT2D eigenvalue weighted by Crippen LogP contribution is 2.22. The fourth-order valence-corrected chi connectivity index (χ4v) is 2.74. The molecule has 1 saturated heterocycles. The zero-order valence-electron chi connectivity index (χ0n) is 11.9. The fourth-order valence-electron chi connectivity index (χ4n) is 2.74. The van der Waals surface area contributed by atoms with Crippen LogP contribution in [0.1, 0.15) is 12.0 Å². The Balaban J connectivity index is 1.62.